The van der Waals surface area contributed by atoms with Crippen molar-refractivity contribution < 1.29 is 17.8 Å². The van der Waals surface area contributed by atoms with E-state index in [0.29, 0.717) is 0 Å². The van der Waals surface area contributed by atoms with Crippen molar-refractivity contribution in [2.75, 3.05) is 12.1 Å². The van der Waals surface area contributed by atoms with Gasteiger partial charge in [0.1, 0.15) is 5.89 Å². The molecule has 0 rings (SSSR count). The van der Waals surface area contributed by atoms with E-state index in [-0.39, 0.29) is 11.8 Å². The molecule has 0 aromatic heterocycles. The highest BCUT2D eigenvalue weighted by atomic mass is 32.2. The Labute approximate surface area is 107 Å². The molecule has 0 amide bonds. The molecule has 0 N–H and O–H groups in total. The van der Waals surface area contributed by atoms with Crippen LogP contribution in [-0.4, -0.2) is 18.0 Å². The third-order valence-corrected chi connectivity index (χ3v) is 2.05. The zero-order valence-corrected chi connectivity index (χ0v) is 11.0. The molecule has 0 atom stereocenters. The number of hydrogen-bond acceptors (Lipinski definition) is 3. The lowest BCUT2D eigenvalue weighted by Crippen LogP contribution is -2.39. The molecule has 0 radical (unpaired) electrons. The Bertz CT molecular complexity index is 378. The van der Waals surface area contributed by atoms with Gasteiger partial charge in [-0.2, -0.15) is 0 Å². The number of ether oxygens (including phenoxy) is 1. The highest BCUT2D eigenvalue weighted by Gasteiger charge is 2.41. The molecule has 0 aromatic rings. The maximum atomic E-state index is 12.4. The number of carbonyl (C=O) groups excluding carboxylic acids is 1. The van der Waals surface area contributed by atoms with E-state index in [1.165, 1.54) is 0 Å². The summed E-state index contributed by atoms with van der Waals surface area (Å²) in [6, 6.07) is 0. The van der Waals surface area contributed by atoms with E-state index in [1.807, 2.05) is 0 Å². The van der Waals surface area contributed by atoms with Gasteiger partial charge in [0.15, 0.2) is 0 Å². The van der Waals surface area contributed by atoms with Crippen molar-refractivity contribution in [2.24, 2.45) is 16.7 Å². The van der Waals surface area contributed by atoms with Crippen molar-refractivity contribution in [2.45, 2.75) is 41.5 Å². The van der Waals surface area contributed by atoms with E-state index in [9.17, 15) is 4.79 Å². The van der Waals surface area contributed by atoms with Gasteiger partial charge >= 0.3 is 5.97 Å². The van der Waals surface area contributed by atoms with Crippen LogP contribution >= 0.6 is 11.8 Å². The van der Waals surface area contributed by atoms with Gasteiger partial charge in [-0.05, 0) is 17.0 Å². The molecule has 0 aliphatic heterocycles. The molecular formula is C12H24O2S. The minimum absolute atomic E-state index is 0.0683. The summed E-state index contributed by atoms with van der Waals surface area (Å²) in [7, 11) is 0. The summed E-state index contributed by atoms with van der Waals surface area (Å²) in [4.78, 5) is 12.4. The van der Waals surface area contributed by atoms with Gasteiger partial charge in [-0.1, -0.05) is 41.5 Å². The average molecular weight is 238 g/mol. The Balaban J connectivity index is 5.48. The molecule has 0 aliphatic carbocycles. The molecule has 0 unspecified atom stereocenters. The molecule has 3 heteroatoms. The van der Waals surface area contributed by atoms with E-state index in [0.717, 1.165) is 0 Å². The van der Waals surface area contributed by atoms with Gasteiger partial charge in [-0.25, -0.2) is 0 Å². The van der Waals surface area contributed by atoms with Gasteiger partial charge in [0, 0.05) is 5.48 Å². The van der Waals surface area contributed by atoms with Crippen LogP contribution in [-0.2, 0) is 9.53 Å². The first-order valence-corrected chi connectivity index (χ1v) is 5.59. The Morgan fingerprint density at radius 3 is 2.20 bits per heavy atom. The van der Waals surface area contributed by atoms with Crippen molar-refractivity contribution >= 4 is 17.7 Å². The lowest BCUT2D eigenvalue weighted by atomic mass is 9.67. The Hall–Kier alpha value is -0.180. The number of esters is 1. The highest BCUT2D eigenvalue weighted by Crippen LogP contribution is 2.40. The molecule has 15 heavy (non-hydrogen) atoms. The summed E-state index contributed by atoms with van der Waals surface area (Å²) in [5, 5.41) is 0. The fraction of sp³-hybridized carbons (Fsp3) is 0.917. The van der Waals surface area contributed by atoms with Crippen molar-refractivity contribution in [3.05, 3.63) is 0 Å². The van der Waals surface area contributed by atoms with Gasteiger partial charge in [-0.3, -0.25) is 4.79 Å². The lowest BCUT2D eigenvalue weighted by molar-refractivity contribution is -0.155. The minimum atomic E-state index is -2.72. The van der Waals surface area contributed by atoms with Crippen molar-refractivity contribution in [1.29, 1.82) is 0 Å². The summed E-state index contributed by atoms with van der Waals surface area (Å²) in [6.07, 6.45) is -2.64. The van der Waals surface area contributed by atoms with Crippen LogP contribution in [0.5, 0.6) is 0 Å². The fourth-order valence-electron chi connectivity index (χ4n) is 1.85. The van der Waals surface area contributed by atoms with Crippen LogP contribution in [0.25, 0.3) is 0 Å². The SMILES string of the molecule is [2H]C([2H])([2H])SC([2H])([2H])OC(=O)C([2H])(C(C)(C)C)C(C)(C)C. The van der Waals surface area contributed by atoms with E-state index < -0.39 is 34.8 Å². The molecule has 2 nitrogen and oxygen atoms in total. The highest BCUT2D eigenvalue weighted by molar-refractivity contribution is 7.98. The van der Waals surface area contributed by atoms with Gasteiger partial charge in [-0.15, -0.1) is 11.8 Å². The molecule has 90 valence electrons. The van der Waals surface area contributed by atoms with Crippen LogP contribution in [0, 0.1) is 16.7 Å². The van der Waals surface area contributed by atoms with Gasteiger partial charge < -0.3 is 4.74 Å². The third-order valence-electron chi connectivity index (χ3n) is 1.88. The molecule has 0 heterocycles. The second kappa shape index (κ2) is 5.24. The average Bonchev–Trinajstić information content (AvgIpc) is 2.06. The Morgan fingerprint density at radius 1 is 1.40 bits per heavy atom. The first kappa shape index (κ1) is 7.21. The minimum Gasteiger partial charge on any atom is -0.454 e. The van der Waals surface area contributed by atoms with E-state index in [1.54, 1.807) is 41.5 Å². The quantitative estimate of drug-likeness (QED) is 0.555. The molecule has 0 aliphatic rings. The summed E-state index contributed by atoms with van der Waals surface area (Å²) < 4.78 is 49.5. The van der Waals surface area contributed by atoms with Crippen LogP contribution in [0.15, 0.2) is 0 Å². The predicted octanol–water partition coefficient (Wildman–Crippen LogP) is 3.56. The monoisotopic (exact) mass is 238 g/mol. The van der Waals surface area contributed by atoms with Crippen LogP contribution in [0.4, 0.5) is 0 Å². The molecule has 0 fully saturated rings. The Morgan fingerprint density at radius 2 is 1.87 bits per heavy atom. The third kappa shape index (κ3) is 4.92. The maximum absolute atomic E-state index is 12.4. The number of rotatable bonds is 3. The Kier molecular flexibility index (Phi) is 2.52. The lowest BCUT2D eigenvalue weighted by Gasteiger charge is -2.38. The van der Waals surface area contributed by atoms with Crippen LogP contribution in [0.1, 0.15) is 49.8 Å². The van der Waals surface area contributed by atoms with Gasteiger partial charge in [0.25, 0.3) is 0 Å². The summed E-state index contributed by atoms with van der Waals surface area (Å²) >= 11 is -0.0683. The summed E-state index contributed by atoms with van der Waals surface area (Å²) in [5.74, 6) is -5.52. The smallest absolute Gasteiger partial charge is 0.310 e. The van der Waals surface area contributed by atoms with E-state index in [2.05, 4.69) is 0 Å². The predicted molar refractivity (Wildman–Crippen MR) is 66.9 cm³/mol. The molecule has 0 spiro atoms. The van der Waals surface area contributed by atoms with Crippen molar-refractivity contribution in [3.8, 4) is 0 Å². The molecule has 0 saturated carbocycles. The maximum Gasteiger partial charge on any atom is 0.310 e. The zero-order chi connectivity index (χ0) is 17.5. The number of thioether (sulfide) groups is 1. The standard InChI is InChI=1S/C12H24O2S/c1-11(2,3)9(12(4,5)6)10(13)14-8-15-7/h9H,8H2,1-7H3/i7D3,8D2,9D. The van der Waals surface area contributed by atoms with Crippen LogP contribution in [0.3, 0.4) is 0 Å². The van der Waals surface area contributed by atoms with E-state index >= 15 is 0 Å². The van der Waals surface area contributed by atoms with Gasteiger partial charge in [0.2, 0.25) is 0 Å². The normalized spacial score (nSPS) is 21.5. The topological polar surface area (TPSA) is 26.3 Å². The first-order valence-electron chi connectivity index (χ1n) is 7.77. The second-order valence-electron chi connectivity index (χ2n) is 5.45. The molecule has 0 saturated heterocycles. The number of hydrogen-bond donors (Lipinski definition) is 0. The fourth-order valence-corrected chi connectivity index (χ4v) is 1.96. The molecule has 0 bridgehead atoms. The van der Waals surface area contributed by atoms with Gasteiger partial charge in [0.05, 0.1) is 8.64 Å². The summed E-state index contributed by atoms with van der Waals surface area (Å²) in [5.41, 5.74) is -1.63. The first-order chi connectivity index (χ1) is 8.83. The van der Waals surface area contributed by atoms with Crippen LogP contribution < -0.4 is 0 Å². The second-order valence-corrected chi connectivity index (χ2v) is 5.82. The van der Waals surface area contributed by atoms with Crippen LogP contribution in [0.2, 0.25) is 0 Å². The molecule has 0 aromatic carbocycles. The zero-order valence-electron chi connectivity index (χ0n) is 16.2. The largest absolute Gasteiger partial charge is 0.454 e. The van der Waals surface area contributed by atoms with Crippen molar-refractivity contribution in [3.63, 3.8) is 0 Å². The van der Waals surface area contributed by atoms with E-state index in [4.69, 9.17) is 13.0 Å². The number of carbonyl (C=O) groups is 1. The summed E-state index contributed by atoms with van der Waals surface area (Å²) in [6.45, 7) is 10.2. The molecular weight excluding hydrogens is 208 g/mol. The van der Waals surface area contributed by atoms with Crippen molar-refractivity contribution in [1.82, 2.24) is 0 Å².